The van der Waals surface area contributed by atoms with Crippen LogP contribution in [-0.2, 0) is 4.79 Å². The van der Waals surface area contributed by atoms with Crippen molar-refractivity contribution in [2.45, 2.75) is 33.6 Å². The van der Waals surface area contributed by atoms with E-state index in [1.807, 2.05) is 13.0 Å². The van der Waals surface area contributed by atoms with E-state index < -0.39 is 0 Å². The first kappa shape index (κ1) is 17.3. The highest BCUT2D eigenvalue weighted by Gasteiger charge is 2.34. The minimum absolute atomic E-state index is 0.235. The average molecular weight is 331 g/mol. The van der Waals surface area contributed by atoms with Crippen molar-refractivity contribution >= 4 is 29.0 Å². The molecule has 0 bridgehead atoms. The molecule has 0 aromatic carbocycles. The van der Waals surface area contributed by atoms with Gasteiger partial charge < -0.3 is 4.42 Å². The van der Waals surface area contributed by atoms with Gasteiger partial charge in [-0.2, -0.15) is 0 Å². The first-order valence-corrected chi connectivity index (χ1v) is 8.37. The molecule has 2 amide bonds. The van der Waals surface area contributed by atoms with Crippen LogP contribution in [0.1, 0.15) is 39.4 Å². The fourth-order valence-corrected chi connectivity index (χ4v) is 2.93. The van der Waals surface area contributed by atoms with Gasteiger partial charge in [-0.05, 0) is 57.5 Å². The smallest absolute Gasteiger partial charge is 0.293 e. The molecule has 1 fully saturated rings. The van der Waals surface area contributed by atoms with Crippen molar-refractivity contribution in [3.05, 3.63) is 52.4 Å². The molecule has 0 aliphatic carbocycles. The number of rotatable bonds is 6. The second-order valence-electron chi connectivity index (χ2n) is 5.68. The van der Waals surface area contributed by atoms with E-state index in [2.05, 4.69) is 19.9 Å². The number of allylic oxidation sites excluding steroid dienone is 3. The lowest BCUT2D eigenvalue weighted by Gasteiger charge is -2.10. The van der Waals surface area contributed by atoms with Gasteiger partial charge in [-0.15, -0.1) is 0 Å². The Kier molecular flexibility index (Phi) is 6.04. The van der Waals surface area contributed by atoms with Crippen LogP contribution in [0.25, 0.3) is 6.08 Å². The van der Waals surface area contributed by atoms with Crippen molar-refractivity contribution < 1.29 is 14.0 Å². The summed E-state index contributed by atoms with van der Waals surface area (Å²) < 4.78 is 5.19. The second kappa shape index (κ2) is 8.02. The van der Waals surface area contributed by atoms with Gasteiger partial charge in [-0.1, -0.05) is 23.3 Å². The highest BCUT2D eigenvalue weighted by Crippen LogP contribution is 2.32. The third-order valence-electron chi connectivity index (χ3n) is 3.40. The zero-order valence-electron chi connectivity index (χ0n) is 13.7. The lowest BCUT2D eigenvalue weighted by Crippen LogP contribution is -2.28. The van der Waals surface area contributed by atoms with Crippen LogP contribution in [0.15, 0.2) is 51.0 Å². The largest absolute Gasteiger partial charge is 0.465 e. The van der Waals surface area contributed by atoms with Crippen molar-refractivity contribution in [1.29, 1.82) is 0 Å². The van der Waals surface area contributed by atoms with Crippen LogP contribution in [0.5, 0.6) is 0 Å². The highest BCUT2D eigenvalue weighted by atomic mass is 32.2. The van der Waals surface area contributed by atoms with Crippen molar-refractivity contribution in [2.75, 3.05) is 6.54 Å². The molecule has 0 spiro atoms. The Balaban J connectivity index is 1.97. The van der Waals surface area contributed by atoms with E-state index >= 15 is 0 Å². The topological polar surface area (TPSA) is 50.5 Å². The first-order valence-electron chi connectivity index (χ1n) is 7.55. The van der Waals surface area contributed by atoms with Crippen LogP contribution in [0.3, 0.4) is 0 Å². The van der Waals surface area contributed by atoms with Crippen molar-refractivity contribution in [3.63, 3.8) is 0 Å². The number of carbonyl (C=O) groups excluding carboxylic acids is 2. The van der Waals surface area contributed by atoms with Gasteiger partial charge >= 0.3 is 0 Å². The fraction of sp³-hybridized carbons (Fsp3) is 0.333. The zero-order chi connectivity index (χ0) is 16.8. The fourth-order valence-electron chi connectivity index (χ4n) is 2.10. The Labute approximate surface area is 140 Å². The molecule has 0 N–H and O–H groups in total. The minimum Gasteiger partial charge on any atom is -0.465 e. The number of amides is 2. The number of thioether (sulfide) groups is 1. The van der Waals surface area contributed by atoms with Gasteiger partial charge in [0.05, 0.1) is 11.2 Å². The predicted octanol–water partition coefficient (Wildman–Crippen LogP) is 5.01. The average Bonchev–Trinajstić information content (AvgIpc) is 3.07. The summed E-state index contributed by atoms with van der Waals surface area (Å²) in [6.07, 6.45) is 9.19. The molecular weight excluding hydrogens is 310 g/mol. The molecule has 1 aromatic heterocycles. The molecule has 1 aromatic rings. The molecule has 2 rings (SSSR count). The Morgan fingerprint density at radius 3 is 2.70 bits per heavy atom. The summed E-state index contributed by atoms with van der Waals surface area (Å²) in [7, 11) is 0. The number of furan rings is 1. The van der Waals surface area contributed by atoms with E-state index in [4.69, 9.17) is 4.42 Å². The van der Waals surface area contributed by atoms with Crippen molar-refractivity contribution in [1.82, 2.24) is 4.90 Å². The van der Waals surface area contributed by atoms with Crippen LogP contribution in [-0.4, -0.2) is 22.6 Å². The normalized spacial score (nSPS) is 17.3. The molecule has 4 nitrogen and oxygen atoms in total. The Morgan fingerprint density at radius 1 is 1.26 bits per heavy atom. The summed E-state index contributed by atoms with van der Waals surface area (Å²) in [6.45, 7) is 6.49. The third-order valence-corrected chi connectivity index (χ3v) is 4.31. The molecule has 5 heteroatoms. The van der Waals surface area contributed by atoms with E-state index in [1.54, 1.807) is 18.2 Å². The lowest BCUT2D eigenvalue weighted by molar-refractivity contribution is -0.122. The monoisotopic (exact) mass is 331 g/mol. The summed E-state index contributed by atoms with van der Waals surface area (Å²) in [4.78, 5) is 26.0. The summed E-state index contributed by atoms with van der Waals surface area (Å²) in [5.41, 5.74) is 2.48. The Morgan fingerprint density at radius 2 is 2.04 bits per heavy atom. The Bertz CT molecular complexity index is 664. The molecule has 1 aliphatic rings. The molecule has 23 heavy (non-hydrogen) atoms. The molecule has 0 unspecified atom stereocenters. The van der Waals surface area contributed by atoms with E-state index in [0.29, 0.717) is 17.2 Å². The molecule has 2 heterocycles. The van der Waals surface area contributed by atoms with E-state index in [0.717, 1.165) is 24.6 Å². The standard InChI is InChI=1S/C18H21NO3S/c1-13(2)6-4-7-14(3)9-10-19-17(20)16(23-18(19)21)12-15-8-5-11-22-15/h5-6,8-9,11-12H,4,7,10H2,1-3H3/b14-9+,16-12-. The van der Waals surface area contributed by atoms with E-state index in [9.17, 15) is 9.59 Å². The molecule has 1 saturated heterocycles. The maximum Gasteiger partial charge on any atom is 0.293 e. The van der Waals surface area contributed by atoms with Crippen LogP contribution < -0.4 is 0 Å². The van der Waals surface area contributed by atoms with Crippen LogP contribution in [0.4, 0.5) is 4.79 Å². The molecule has 122 valence electrons. The summed E-state index contributed by atoms with van der Waals surface area (Å²) >= 11 is 0.953. The first-order chi connectivity index (χ1) is 11.0. The summed E-state index contributed by atoms with van der Waals surface area (Å²) in [5.74, 6) is 0.314. The maximum atomic E-state index is 12.3. The number of imide groups is 1. The van der Waals surface area contributed by atoms with Crippen LogP contribution in [0, 0.1) is 0 Å². The van der Waals surface area contributed by atoms with Gasteiger partial charge in [0.1, 0.15) is 5.76 Å². The maximum absolute atomic E-state index is 12.3. The highest BCUT2D eigenvalue weighted by molar-refractivity contribution is 8.18. The van der Waals surface area contributed by atoms with Gasteiger partial charge in [0, 0.05) is 12.6 Å². The predicted molar refractivity (Wildman–Crippen MR) is 93.8 cm³/mol. The summed E-state index contributed by atoms with van der Waals surface area (Å²) in [5, 5.41) is -0.235. The zero-order valence-corrected chi connectivity index (χ0v) is 14.5. The lowest BCUT2D eigenvalue weighted by atomic mass is 10.1. The molecular formula is C18H21NO3S. The SMILES string of the molecule is CC(C)=CCC/C(C)=C/CN1C(=O)S/C(=C\c2ccco2)C1=O. The van der Waals surface area contributed by atoms with Gasteiger partial charge in [0.15, 0.2) is 0 Å². The molecule has 0 saturated carbocycles. The van der Waals surface area contributed by atoms with Crippen LogP contribution >= 0.6 is 11.8 Å². The Hall–Kier alpha value is -2.01. The number of hydrogen-bond donors (Lipinski definition) is 0. The minimum atomic E-state index is -0.259. The molecule has 0 atom stereocenters. The van der Waals surface area contributed by atoms with Crippen molar-refractivity contribution in [2.24, 2.45) is 0 Å². The number of carbonyl (C=O) groups is 2. The van der Waals surface area contributed by atoms with Gasteiger partial charge in [-0.25, -0.2) is 0 Å². The van der Waals surface area contributed by atoms with Crippen molar-refractivity contribution in [3.8, 4) is 0 Å². The van der Waals surface area contributed by atoms with E-state index in [-0.39, 0.29) is 11.1 Å². The molecule has 1 aliphatic heterocycles. The van der Waals surface area contributed by atoms with E-state index in [1.165, 1.54) is 22.3 Å². The summed E-state index contributed by atoms with van der Waals surface area (Å²) in [6, 6.07) is 3.50. The third kappa shape index (κ3) is 4.99. The van der Waals surface area contributed by atoms with Crippen LogP contribution in [0.2, 0.25) is 0 Å². The van der Waals surface area contributed by atoms with Gasteiger partial charge in [-0.3, -0.25) is 14.5 Å². The quantitative estimate of drug-likeness (QED) is 0.543. The van der Waals surface area contributed by atoms with Gasteiger partial charge in [0.2, 0.25) is 0 Å². The molecule has 0 radical (unpaired) electrons. The number of hydrogen-bond acceptors (Lipinski definition) is 4. The second-order valence-corrected chi connectivity index (χ2v) is 6.67. The number of nitrogens with zero attached hydrogens (tertiary/aromatic N) is 1. The van der Waals surface area contributed by atoms with Gasteiger partial charge in [0.25, 0.3) is 11.1 Å².